The number of hydrogen-bond acceptors (Lipinski definition) is 4. The van der Waals surface area contributed by atoms with Gasteiger partial charge in [0.2, 0.25) is 11.8 Å². The molecule has 1 aliphatic rings. The van der Waals surface area contributed by atoms with Crippen LogP contribution in [0, 0.1) is 0 Å². The SMILES string of the molecule is CN(C)S(=O)(=O)N(CC(=O)N1CC(=O)Nc2ccccc21)c1ccccc1. The summed E-state index contributed by atoms with van der Waals surface area (Å²) in [5.74, 6) is -0.824. The van der Waals surface area contributed by atoms with Gasteiger partial charge in [0.15, 0.2) is 0 Å². The number of hydrogen-bond donors (Lipinski definition) is 1. The monoisotopic (exact) mass is 388 g/mol. The highest BCUT2D eigenvalue weighted by molar-refractivity contribution is 7.90. The second-order valence-corrected chi connectivity index (χ2v) is 8.24. The molecule has 0 spiro atoms. The second kappa shape index (κ2) is 7.37. The van der Waals surface area contributed by atoms with Crippen LogP contribution in [0.2, 0.25) is 0 Å². The minimum atomic E-state index is -3.90. The van der Waals surface area contributed by atoms with Crippen LogP contribution in [0.4, 0.5) is 17.1 Å². The fourth-order valence-corrected chi connectivity index (χ4v) is 3.82. The Morgan fingerprint density at radius 3 is 2.37 bits per heavy atom. The minimum Gasteiger partial charge on any atom is -0.323 e. The van der Waals surface area contributed by atoms with Gasteiger partial charge in [-0.25, -0.2) is 4.31 Å². The summed E-state index contributed by atoms with van der Waals surface area (Å²) in [4.78, 5) is 26.2. The van der Waals surface area contributed by atoms with Crippen molar-refractivity contribution in [2.45, 2.75) is 0 Å². The number of benzene rings is 2. The molecule has 1 N–H and O–H groups in total. The number of rotatable bonds is 5. The van der Waals surface area contributed by atoms with Crippen LogP contribution in [0.3, 0.4) is 0 Å². The first-order chi connectivity index (χ1) is 12.8. The Balaban J connectivity index is 1.95. The van der Waals surface area contributed by atoms with Gasteiger partial charge in [-0.1, -0.05) is 30.3 Å². The molecule has 0 aromatic heterocycles. The highest BCUT2D eigenvalue weighted by Gasteiger charge is 2.32. The van der Waals surface area contributed by atoms with Crippen molar-refractivity contribution in [1.82, 2.24) is 4.31 Å². The van der Waals surface area contributed by atoms with Crippen LogP contribution in [0.25, 0.3) is 0 Å². The molecule has 1 aliphatic heterocycles. The normalized spacial score (nSPS) is 13.9. The number of fused-ring (bicyclic) bond motifs is 1. The molecule has 0 aliphatic carbocycles. The number of carbonyl (C=O) groups excluding carboxylic acids is 2. The summed E-state index contributed by atoms with van der Waals surface area (Å²) in [7, 11) is -1.09. The van der Waals surface area contributed by atoms with Gasteiger partial charge < -0.3 is 5.32 Å². The lowest BCUT2D eigenvalue weighted by molar-refractivity contribution is -0.121. The van der Waals surface area contributed by atoms with Crippen LogP contribution in [0.5, 0.6) is 0 Å². The predicted molar refractivity (Wildman–Crippen MR) is 104 cm³/mol. The molecule has 3 rings (SSSR count). The topological polar surface area (TPSA) is 90.0 Å². The Morgan fingerprint density at radius 1 is 1.07 bits per heavy atom. The molecule has 0 fully saturated rings. The van der Waals surface area contributed by atoms with Gasteiger partial charge in [-0.3, -0.25) is 14.5 Å². The highest BCUT2D eigenvalue weighted by atomic mass is 32.2. The summed E-state index contributed by atoms with van der Waals surface area (Å²) in [6.07, 6.45) is 0. The van der Waals surface area contributed by atoms with Gasteiger partial charge in [0.1, 0.15) is 13.1 Å². The van der Waals surface area contributed by atoms with Crippen molar-refractivity contribution in [2.24, 2.45) is 0 Å². The largest absolute Gasteiger partial charge is 0.323 e. The van der Waals surface area contributed by atoms with E-state index in [4.69, 9.17) is 0 Å². The average Bonchev–Trinajstić information content (AvgIpc) is 2.65. The molecule has 0 saturated heterocycles. The second-order valence-electron chi connectivity index (χ2n) is 6.18. The van der Waals surface area contributed by atoms with E-state index < -0.39 is 22.7 Å². The minimum absolute atomic E-state index is 0.166. The molecule has 142 valence electrons. The molecule has 0 saturated carbocycles. The van der Waals surface area contributed by atoms with Crippen LogP contribution in [0.1, 0.15) is 0 Å². The van der Waals surface area contributed by atoms with E-state index in [9.17, 15) is 18.0 Å². The van der Waals surface area contributed by atoms with Crippen molar-refractivity contribution in [3.63, 3.8) is 0 Å². The lowest BCUT2D eigenvalue weighted by Gasteiger charge is -2.32. The maximum absolute atomic E-state index is 13.0. The van der Waals surface area contributed by atoms with E-state index >= 15 is 0 Å². The van der Waals surface area contributed by atoms with Gasteiger partial charge >= 0.3 is 10.2 Å². The van der Waals surface area contributed by atoms with Crippen LogP contribution in [-0.2, 0) is 19.8 Å². The number of carbonyl (C=O) groups is 2. The molecule has 0 radical (unpaired) electrons. The number of para-hydroxylation sites is 3. The van der Waals surface area contributed by atoms with Gasteiger partial charge in [0, 0.05) is 14.1 Å². The molecular weight excluding hydrogens is 368 g/mol. The predicted octanol–water partition coefficient (Wildman–Crippen LogP) is 1.28. The van der Waals surface area contributed by atoms with Crippen molar-refractivity contribution in [2.75, 3.05) is 41.7 Å². The number of nitrogens with zero attached hydrogens (tertiary/aromatic N) is 3. The zero-order chi connectivity index (χ0) is 19.6. The van der Waals surface area contributed by atoms with E-state index in [0.717, 1.165) is 8.61 Å². The van der Waals surface area contributed by atoms with Crippen molar-refractivity contribution >= 4 is 39.1 Å². The van der Waals surface area contributed by atoms with E-state index in [-0.39, 0.29) is 12.5 Å². The lowest BCUT2D eigenvalue weighted by atomic mass is 10.2. The quantitative estimate of drug-likeness (QED) is 0.836. The first kappa shape index (κ1) is 18.9. The van der Waals surface area contributed by atoms with E-state index in [1.807, 2.05) is 0 Å². The Kier molecular flexibility index (Phi) is 5.15. The summed E-state index contributed by atoms with van der Waals surface area (Å²) in [6, 6.07) is 15.3. The summed E-state index contributed by atoms with van der Waals surface area (Å²) < 4.78 is 27.6. The third kappa shape index (κ3) is 3.79. The number of anilines is 3. The molecule has 0 bridgehead atoms. The summed E-state index contributed by atoms with van der Waals surface area (Å²) >= 11 is 0. The lowest BCUT2D eigenvalue weighted by Crippen LogP contribution is -2.50. The van der Waals surface area contributed by atoms with E-state index in [2.05, 4.69) is 5.32 Å². The maximum Gasteiger partial charge on any atom is 0.304 e. The Bertz CT molecular complexity index is 960. The average molecular weight is 388 g/mol. The number of nitrogens with one attached hydrogen (secondary N) is 1. The Hall–Kier alpha value is -2.91. The first-order valence-corrected chi connectivity index (χ1v) is 9.65. The standard InChI is InChI=1S/C18H20N4O4S/c1-20(2)27(25,26)22(14-8-4-3-5-9-14)13-18(24)21-12-17(23)19-15-10-6-7-11-16(15)21/h3-11H,12-13H2,1-2H3,(H,19,23). The van der Waals surface area contributed by atoms with Gasteiger partial charge in [0.05, 0.1) is 17.1 Å². The van der Waals surface area contributed by atoms with Crippen LogP contribution >= 0.6 is 0 Å². The molecule has 9 heteroatoms. The molecule has 0 unspecified atom stereocenters. The van der Waals surface area contributed by atoms with E-state index in [1.165, 1.54) is 19.0 Å². The third-order valence-corrected chi connectivity index (χ3v) is 5.95. The maximum atomic E-state index is 13.0. The first-order valence-electron chi connectivity index (χ1n) is 8.25. The van der Waals surface area contributed by atoms with E-state index in [0.29, 0.717) is 17.1 Å². The fourth-order valence-electron chi connectivity index (χ4n) is 2.76. The van der Waals surface area contributed by atoms with Crippen molar-refractivity contribution in [1.29, 1.82) is 0 Å². The Labute approximate surface area is 158 Å². The van der Waals surface area contributed by atoms with E-state index in [1.54, 1.807) is 54.6 Å². The van der Waals surface area contributed by atoms with Gasteiger partial charge in [-0.05, 0) is 24.3 Å². The fraction of sp³-hybridized carbons (Fsp3) is 0.222. The molecule has 8 nitrogen and oxygen atoms in total. The number of amides is 2. The molecule has 1 heterocycles. The van der Waals surface area contributed by atoms with Gasteiger partial charge in [-0.15, -0.1) is 0 Å². The van der Waals surface area contributed by atoms with Crippen molar-refractivity contribution < 1.29 is 18.0 Å². The van der Waals surface area contributed by atoms with Crippen molar-refractivity contribution in [3.05, 3.63) is 54.6 Å². The molecule has 2 aromatic carbocycles. The van der Waals surface area contributed by atoms with Crippen molar-refractivity contribution in [3.8, 4) is 0 Å². The highest BCUT2D eigenvalue weighted by Crippen LogP contribution is 2.29. The molecule has 27 heavy (non-hydrogen) atoms. The van der Waals surface area contributed by atoms with Crippen LogP contribution in [0.15, 0.2) is 54.6 Å². The van der Waals surface area contributed by atoms with Crippen LogP contribution < -0.4 is 14.5 Å². The smallest absolute Gasteiger partial charge is 0.304 e. The Morgan fingerprint density at radius 2 is 1.70 bits per heavy atom. The third-order valence-electron chi connectivity index (χ3n) is 4.13. The summed E-state index contributed by atoms with van der Waals surface area (Å²) in [5.41, 5.74) is 1.43. The van der Waals surface area contributed by atoms with Gasteiger partial charge in [-0.2, -0.15) is 12.7 Å². The summed E-state index contributed by atoms with van der Waals surface area (Å²) in [5, 5.41) is 2.71. The molecule has 2 amide bonds. The van der Waals surface area contributed by atoms with Gasteiger partial charge in [0.25, 0.3) is 0 Å². The molecule has 0 atom stereocenters. The zero-order valence-electron chi connectivity index (χ0n) is 15.0. The molecular formula is C18H20N4O4S. The summed E-state index contributed by atoms with van der Waals surface area (Å²) in [6.45, 7) is -0.591. The molecule has 2 aromatic rings. The van der Waals surface area contributed by atoms with Crippen LogP contribution in [-0.4, -0.2) is 51.7 Å². The zero-order valence-corrected chi connectivity index (χ0v) is 15.8.